The summed E-state index contributed by atoms with van der Waals surface area (Å²) in [5.74, 6) is 0.876. The summed E-state index contributed by atoms with van der Waals surface area (Å²) in [6.07, 6.45) is 7.01. The molecule has 0 amide bonds. The fourth-order valence-corrected chi connectivity index (χ4v) is 4.05. The molecule has 2 aromatic heterocycles. The molecule has 0 radical (unpaired) electrons. The lowest BCUT2D eigenvalue weighted by molar-refractivity contribution is 0.798. The van der Waals surface area contributed by atoms with Crippen LogP contribution >= 0.6 is 11.3 Å². The second-order valence-electron chi connectivity index (χ2n) is 6.57. The summed E-state index contributed by atoms with van der Waals surface area (Å²) in [6, 6.07) is 6.40. The first kappa shape index (κ1) is 19.4. The third-order valence-electron chi connectivity index (χ3n) is 4.57. The molecule has 2 heterocycles. The summed E-state index contributed by atoms with van der Waals surface area (Å²) in [4.78, 5) is 13.9. The van der Waals surface area contributed by atoms with Crippen LogP contribution in [0, 0.1) is 6.92 Å². The zero-order chi connectivity index (χ0) is 19.1. The molecule has 0 aliphatic carbocycles. The number of rotatable bonds is 8. The van der Waals surface area contributed by atoms with Gasteiger partial charge in [-0.15, -0.1) is 11.3 Å². The lowest BCUT2D eigenvalue weighted by Gasteiger charge is -2.11. The number of aromatic nitrogens is 2. The standard InChI is InChI=1S/C21H29N5S/c1-4-17-14-26-19(27-17)10-12-24-21(22-5-2)23-11-9-16-13-25-18-8-6-7-15(3)20(16)18/h6-8,13-14,25H,4-5,9-12H2,1-3H3,(H2,22,23,24). The number of aliphatic imine (C=N–C) groups is 1. The van der Waals surface area contributed by atoms with E-state index in [0.29, 0.717) is 0 Å². The van der Waals surface area contributed by atoms with Crippen LogP contribution in [0.5, 0.6) is 0 Å². The van der Waals surface area contributed by atoms with Gasteiger partial charge < -0.3 is 15.6 Å². The van der Waals surface area contributed by atoms with Gasteiger partial charge in [0, 0.05) is 54.2 Å². The maximum absolute atomic E-state index is 4.70. The molecular formula is C21H29N5S. The molecule has 5 nitrogen and oxygen atoms in total. The zero-order valence-electron chi connectivity index (χ0n) is 16.4. The van der Waals surface area contributed by atoms with Crippen molar-refractivity contribution in [2.75, 3.05) is 19.6 Å². The van der Waals surface area contributed by atoms with Crippen LogP contribution in [0.2, 0.25) is 0 Å². The molecule has 144 valence electrons. The molecule has 27 heavy (non-hydrogen) atoms. The number of benzene rings is 1. The van der Waals surface area contributed by atoms with Gasteiger partial charge in [0.2, 0.25) is 0 Å². The third-order valence-corrected chi connectivity index (χ3v) is 5.77. The molecule has 0 bridgehead atoms. The fraction of sp³-hybridized carbons (Fsp3) is 0.429. The monoisotopic (exact) mass is 383 g/mol. The van der Waals surface area contributed by atoms with Crippen molar-refractivity contribution in [2.24, 2.45) is 4.99 Å². The molecule has 0 saturated carbocycles. The van der Waals surface area contributed by atoms with E-state index in [0.717, 1.165) is 44.9 Å². The first-order chi connectivity index (χ1) is 13.2. The Hall–Kier alpha value is -2.34. The first-order valence-corrected chi connectivity index (χ1v) is 10.5. The highest BCUT2D eigenvalue weighted by molar-refractivity contribution is 7.11. The van der Waals surface area contributed by atoms with E-state index >= 15 is 0 Å². The number of nitrogens with one attached hydrogen (secondary N) is 3. The van der Waals surface area contributed by atoms with E-state index in [-0.39, 0.29) is 0 Å². The van der Waals surface area contributed by atoms with E-state index in [1.54, 1.807) is 11.3 Å². The van der Waals surface area contributed by atoms with Crippen LogP contribution in [0.3, 0.4) is 0 Å². The van der Waals surface area contributed by atoms with E-state index in [1.807, 2.05) is 6.20 Å². The second-order valence-corrected chi connectivity index (χ2v) is 7.77. The van der Waals surface area contributed by atoms with Crippen molar-refractivity contribution in [3.05, 3.63) is 51.6 Å². The predicted molar refractivity (Wildman–Crippen MR) is 116 cm³/mol. The van der Waals surface area contributed by atoms with Gasteiger partial charge in [-0.2, -0.15) is 0 Å². The molecule has 0 aliphatic heterocycles. The zero-order valence-corrected chi connectivity index (χ0v) is 17.2. The summed E-state index contributed by atoms with van der Waals surface area (Å²) < 4.78 is 0. The Kier molecular flexibility index (Phi) is 6.87. The molecule has 0 fully saturated rings. The summed E-state index contributed by atoms with van der Waals surface area (Å²) in [5, 5.41) is 9.29. The molecule has 3 aromatic rings. The summed E-state index contributed by atoms with van der Waals surface area (Å²) in [5.41, 5.74) is 3.88. The first-order valence-electron chi connectivity index (χ1n) is 9.72. The van der Waals surface area contributed by atoms with E-state index < -0.39 is 0 Å². The topological polar surface area (TPSA) is 65.1 Å². The van der Waals surface area contributed by atoms with E-state index in [4.69, 9.17) is 4.99 Å². The third kappa shape index (κ3) is 5.10. The predicted octanol–water partition coefficient (Wildman–Crippen LogP) is 3.84. The molecule has 1 aromatic carbocycles. The van der Waals surface area contributed by atoms with Crippen molar-refractivity contribution >= 4 is 28.2 Å². The van der Waals surface area contributed by atoms with Crippen molar-refractivity contribution in [1.29, 1.82) is 0 Å². The molecular weight excluding hydrogens is 354 g/mol. The number of H-pyrrole nitrogens is 1. The van der Waals surface area contributed by atoms with E-state index in [9.17, 15) is 0 Å². The molecule has 0 saturated heterocycles. The van der Waals surface area contributed by atoms with Crippen molar-refractivity contribution in [2.45, 2.75) is 40.0 Å². The van der Waals surface area contributed by atoms with Gasteiger partial charge in [-0.25, -0.2) is 4.98 Å². The van der Waals surface area contributed by atoms with Crippen LogP contribution in [-0.2, 0) is 19.3 Å². The van der Waals surface area contributed by atoms with Crippen LogP contribution < -0.4 is 10.6 Å². The van der Waals surface area contributed by atoms with Crippen LogP contribution in [-0.4, -0.2) is 35.6 Å². The highest BCUT2D eigenvalue weighted by Gasteiger charge is 2.06. The van der Waals surface area contributed by atoms with Gasteiger partial charge in [0.25, 0.3) is 0 Å². The summed E-state index contributed by atoms with van der Waals surface area (Å²) >= 11 is 1.79. The molecule has 6 heteroatoms. The summed E-state index contributed by atoms with van der Waals surface area (Å²) in [6.45, 7) is 8.88. The van der Waals surface area contributed by atoms with Crippen molar-refractivity contribution in [3.63, 3.8) is 0 Å². The van der Waals surface area contributed by atoms with Crippen LogP contribution in [0.4, 0.5) is 0 Å². The second kappa shape index (κ2) is 9.55. The lowest BCUT2D eigenvalue weighted by atomic mass is 10.1. The average Bonchev–Trinajstić information content (AvgIpc) is 3.29. The Balaban J connectivity index is 1.54. The number of aromatic amines is 1. The number of hydrogen-bond acceptors (Lipinski definition) is 3. The van der Waals surface area contributed by atoms with Gasteiger partial charge >= 0.3 is 0 Å². The molecule has 0 spiro atoms. The van der Waals surface area contributed by atoms with Gasteiger partial charge in [0.05, 0.1) is 5.01 Å². The molecule has 3 rings (SSSR count). The van der Waals surface area contributed by atoms with Crippen molar-refractivity contribution in [3.8, 4) is 0 Å². The quantitative estimate of drug-likeness (QED) is 0.409. The van der Waals surface area contributed by atoms with Crippen LogP contribution in [0.1, 0.15) is 34.9 Å². The number of fused-ring (bicyclic) bond motifs is 1. The molecule has 3 N–H and O–H groups in total. The highest BCUT2D eigenvalue weighted by Crippen LogP contribution is 2.22. The number of aryl methyl sites for hydroxylation is 2. The number of thiazole rings is 1. The number of guanidine groups is 1. The van der Waals surface area contributed by atoms with Gasteiger partial charge in [0.15, 0.2) is 5.96 Å². The smallest absolute Gasteiger partial charge is 0.191 e. The Morgan fingerprint density at radius 3 is 2.89 bits per heavy atom. The lowest BCUT2D eigenvalue weighted by Crippen LogP contribution is -2.38. The Morgan fingerprint density at radius 1 is 1.22 bits per heavy atom. The van der Waals surface area contributed by atoms with Gasteiger partial charge in [-0.3, -0.25) is 4.99 Å². The Bertz CT molecular complexity index is 893. The van der Waals surface area contributed by atoms with Gasteiger partial charge in [0.1, 0.15) is 0 Å². The van der Waals surface area contributed by atoms with E-state index in [2.05, 4.69) is 65.8 Å². The maximum Gasteiger partial charge on any atom is 0.191 e. The average molecular weight is 384 g/mol. The summed E-state index contributed by atoms with van der Waals surface area (Å²) in [7, 11) is 0. The van der Waals surface area contributed by atoms with Crippen LogP contribution in [0.15, 0.2) is 35.6 Å². The normalized spacial score (nSPS) is 11.9. The maximum atomic E-state index is 4.70. The molecule has 0 aliphatic rings. The number of nitrogens with zero attached hydrogens (tertiary/aromatic N) is 2. The highest BCUT2D eigenvalue weighted by atomic mass is 32.1. The fourth-order valence-electron chi connectivity index (χ4n) is 3.20. The SMILES string of the molecule is CCNC(=NCCc1ncc(CC)s1)NCCc1c[nH]c2cccc(C)c12. The van der Waals surface area contributed by atoms with Crippen molar-refractivity contribution in [1.82, 2.24) is 20.6 Å². The molecule has 0 atom stereocenters. The Labute approximate surface area is 165 Å². The van der Waals surface area contributed by atoms with Crippen molar-refractivity contribution < 1.29 is 0 Å². The van der Waals surface area contributed by atoms with E-state index in [1.165, 1.54) is 31.9 Å². The van der Waals surface area contributed by atoms with Gasteiger partial charge in [-0.1, -0.05) is 19.1 Å². The Morgan fingerprint density at radius 2 is 2.11 bits per heavy atom. The minimum absolute atomic E-state index is 0.748. The minimum Gasteiger partial charge on any atom is -0.361 e. The number of hydrogen-bond donors (Lipinski definition) is 3. The largest absolute Gasteiger partial charge is 0.361 e. The molecule has 0 unspecified atom stereocenters. The van der Waals surface area contributed by atoms with Gasteiger partial charge in [-0.05, 0) is 43.9 Å². The van der Waals surface area contributed by atoms with Crippen LogP contribution in [0.25, 0.3) is 10.9 Å². The minimum atomic E-state index is 0.748.